The SMILES string of the molecule is C/C(=C\CC1C(=O)c2ccccc2C(=O)C1(C)O)CCC[C@H](C)CCC[C@H](C)CCCC(C)C. The molecule has 2 unspecified atom stereocenters. The molecule has 0 spiro atoms. The minimum absolute atomic E-state index is 0.128. The van der Waals surface area contributed by atoms with E-state index in [1.54, 1.807) is 24.3 Å². The fourth-order valence-corrected chi connectivity index (χ4v) is 5.23. The van der Waals surface area contributed by atoms with Crippen molar-refractivity contribution < 1.29 is 14.7 Å². The predicted octanol–water partition coefficient (Wildman–Crippen LogP) is 8.21. The van der Waals surface area contributed by atoms with Crippen LogP contribution in [0.4, 0.5) is 0 Å². The first-order chi connectivity index (χ1) is 16.0. The van der Waals surface area contributed by atoms with Crippen molar-refractivity contribution in [3.8, 4) is 0 Å². The van der Waals surface area contributed by atoms with Crippen LogP contribution >= 0.6 is 0 Å². The quantitative estimate of drug-likeness (QED) is 0.280. The number of Topliss-reactive ketones (excluding diaryl/α,β-unsaturated/α-hetero) is 2. The molecule has 0 aliphatic heterocycles. The molecule has 1 aliphatic carbocycles. The van der Waals surface area contributed by atoms with Crippen molar-refractivity contribution in [2.45, 2.75) is 111 Å². The Bertz CT molecular complexity index is 833. The lowest BCUT2D eigenvalue weighted by molar-refractivity contribution is 0.00810. The first-order valence-corrected chi connectivity index (χ1v) is 13.6. The molecule has 4 atom stereocenters. The van der Waals surface area contributed by atoms with Crippen LogP contribution in [0.1, 0.15) is 126 Å². The van der Waals surface area contributed by atoms with Gasteiger partial charge < -0.3 is 5.11 Å². The van der Waals surface area contributed by atoms with Crippen molar-refractivity contribution in [2.24, 2.45) is 23.7 Å². The summed E-state index contributed by atoms with van der Waals surface area (Å²) < 4.78 is 0. The van der Waals surface area contributed by atoms with E-state index < -0.39 is 11.5 Å². The van der Waals surface area contributed by atoms with Crippen LogP contribution in [-0.2, 0) is 0 Å². The molecule has 1 aromatic rings. The molecule has 1 aromatic carbocycles. The minimum atomic E-state index is -1.65. The number of ketones is 2. The van der Waals surface area contributed by atoms with Crippen LogP contribution in [0.15, 0.2) is 35.9 Å². The third kappa shape index (κ3) is 8.18. The fraction of sp³-hybridized carbons (Fsp3) is 0.677. The molecule has 0 bridgehead atoms. The summed E-state index contributed by atoms with van der Waals surface area (Å²) in [4.78, 5) is 25.8. The predicted molar refractivity (Wildman–Crippen MR) is 142 cm³/mol. The molecule has 0 saturated carbocycles. The van der Waals surface area contributed by atoms with E-state index in [-0.39, 0.29) is 11.6 Å². The van der Waals surface area contributed by atoms with Gasteiger partial charge in [0.1, 0.15) is 5.60 Å². The molecule has 3 heteroatoms. The number of carbonyl (C=O) groups excluding carboxylic acids is 2. The van der Waals surface area contributed by atoms with Gasteiger partial charge in [-0.25, -0.2) is 0 Å². The molecular weight excluding hydrogens is 420 g/mol. The van der Waals surface area contributed by atoms with Gasteiger partial charge in [-0.05, 0) is 50.9 Å². The Labute approximate surface area is 208 Å². The second-order valence-electron chi connectivity index (χ2n) is 11.6. The second-order valence-corrected chi connectivity index (χ2v) is 11.6. The summed E-state index contributed by atoms with van der Waals surface area (Å²) in [5.74, 6) is 1.21. The number of rotatable bonds is 14. The van der Waals surface area contributed by atoms with Crippen molar-refractivity contribution >= 4 is 11.6 Å². The lowest BCUT2D eigenvalue weighted by Crippen LogP contribution is -2.50. The highest BCUT2D eigenvalue weighted by molar-refractivity contribution is 6.18. The van der Waals surface area contributed by atoms with Crippen LogP contribution in [0.3, 0.4) is 0 Å². The molecule has 0 radical (unpaired) electrons. The molecule has 0 heterocycles. The first kappa shape index (κ1) is 28.5. The minimum Gasteiger partial charge on any atom is -0.381 e. The van der Waals surface area contributed by atoms with Crippen molar-refractivity contribution in [3.05, 3.63) is 47.0 Å². The number of carbonyl (C=O) groups is 2. The average Bonchev–Trinajstić information content (AvgIpc) is 2.77. The number of hydrogen-bond acceptors (Lipinski definition) is 3. The topological polar surface area (TPSA) is 54.4 Å². The summed E-state index contributed by atoms with van der Waals surface area (Å²) in [5.41, 5.74) is 0.371. The van der Waals surface area contributed by atoms with Crippen molar-refractivity contribution in [2.75, 3.05) is 0 Å². The highest BCUT2D eigenvalue weighted by Crippen LogP contribution is 2.36. The molecule has 3 nitrogen and oxygen atoms in total. The fourth-order valence-electron chi connectivity index (χ4n) is 5.23. The zero-order valence-electron chi connectivity index (χ0n) is 22.5. The average molecular weight is 469 g/mol. The maximum absolute atomic E-state index is 13.0. The number of fused-ring (bicyclic) bond motifs is 1. The van der Waals surface area contributed by atoms with Gasteiger partial charge in [-0.1, -0.05) is 109 Å². The molecule has 0 aromatic heterocycles. The third-order valence-electron chi connectivity index (χ3n) is 7.73. The Kier molecular flexibility index (Phi) is 11.2. The molecule has 34 heavy (non-hydrogen) atoms. The Balaban J connectivity index is 1.73. The highest BCUT2D eigenvalue weighted by Gasteiger charge is 2.48. The molecule has 0 saturated heterocycles. The molecule has 1 aliphatic rings. The smallest absolute Gasteiger partial charge is 0.195 e. The first-order valence-electron chi connectivity index (χ1n) is 13.6. The van der Waals surface area contributed by atoms with E-state index in [9.17, 15) is 14.7 Å². The number of allylic oxidation sites excluding steroid dienone is 2. The molecule has 190 valence electrons. The maximum Gasteiger partial charge on any atom is 0.195 e. The molecular formula is C31H48O3. The summed E-state index contributed by atoms with van der Waals surface area (Å²) in [5, 5.41) is 10.9. The number of aliphatic hydroxyl groups is 1. The summed E-state index contributed by atoms with van der Waals surface area (Å²) in [7, 11) is 0. The summed E-state index contributed by atoms with van der Waals surface area (Å²) >= 11 is 0. The van der Waals surface area contributed by atoms with Crippen LogP contribution in [0.2, 0.25) is 0 Å². The Morgan fingerprint density at radius 1 is 0.912 bits per heavy atom. The van der Waals surface area contributed by atoms with E-state index in [2.05, 4.69) is 40.7 Å². The van der Waals surface area contributed by atoms with Crippen LogP contribution in [0.5, 0.6) is 0 Å². The van der Waals surface area contributed by atoms with E-state index >= 15 is 0 Å². The molecule has 2 rings (SSSR count). The van der Waals surface area contributed by atoms with Gasteiger partial charge in [0, 0.05) is 11.1 Å². The van der Waals surface area contributed by atoms with Crippen LogP contribution < -0.4 is 0 Å². The summed E-state index contributed by atoms with van der Waals surface area (Å²) in [6.45, 7) is 13.0. The Morgan fingerprint density at radius 2 is 1.44 bits per heavy atom. The number of hydrogen-bond donors (Lipinski definition) is 1. The van der Waals surface area contributed by atoms with Crippen LogP contribution in [-0.4, -0.2) is 22.3 Å². The summed E-state index contributed by atoms with van der Waals surface area (Å²) in [6.07, 6.45) is 13.9. The maximum atomic E-state index is 13.0. The van der Waals surface area contributed by atoms with Gasteiger partial charge in [0.2, 0.25) is 0 Å². The van der Waals surface area contributed by atoms with Gasteiger partial charge in [0.15, 0.2) is 11.6 Å². The van der Waals surface area contributed by atoms with E-state index in [0.717, 1.165) is 30.6 Å². The van der Waals surface area contributed by atoms with E-state index in [0.29, 0.717) is 17.5 Å². The van der Waals surface area contributed by atoms with Gasteiger partial charge in [-0.3, -0.25) is 9.59 Å². The number of benzene rings is 1. The lowest BCUT2D eigenvalue weighted by atomic mass is 9.70. The van der Waals surface area contributed by atoms with Crippen molar-refractivity contribution in [1.29, 1.82) is 0 Å². The van der Waals surface area contributed by atoms with Gasteiger partial charge in [-0.15, -0.1) is 0 Å². The van der Waals surface area contributed by atoms with E-state index in [4.69, 9.17) is 0 Å². The van der Waals surface area contributed by atoms with Crippen molar-refractivity contribution in [3.63, 3.8) is 0 Å². The zero-order valence-corrected chi connectivity index (χ0v) is 22.5. The monoisotopic (exact) mass is 468 g/mol. The molecule has 0 amide bonds. The van der Waals surface area contributed by atoms with E-state index in [1.807, 2.05) is 0 Å². The van der Waals surface area contributed by atoms with Crippen molar-refractivity contribution in [1.82, 2.24) is 0 Å². The van der Waals surface area contributed by atoms with Crippen LogP contribution in [0.25, 0.3) is 0 Å². The molecule has 0 fully saturated rings. The van der Waals surface area contributed by atoms with Gasteiger partial charge >= 0.3 is 0 Å². The lowest BCUT2D eigenvalue weighted by Gasteiger charge is -2.35. The van der Waals surface area contributed by atoms with Gasteiger partial charge in [0.25, 0.3) is 0 Å². The summed E-state index contributed by atoms with van der Waals surface area (Å²) in [6, 6.07) is 6.84. The zero-order chi connectivity index (χ0) is 25.3. The van der Waals surface area contributed by atoms with Gasteiger partial charge in [-0.2, -0.15) is 0 Å². The third-order valence-corrected chi connectivity index (χ3v) is 7.73. The second kappa shape index (κ2) is 13.4. The highest BCUT2D eigenvalue weighted by atomic mass is 16.3. The molecule has 1 N–H and O–H groups in total. The van der Waals surface area contributed by atoms with E-state index in [1.165, 1.54) is 57.4 Å². The van der Waals surface area contributed by atoms with Crippen LogP contribution in [0, 0.1) is 23.7 Å². The largest absolute Gasteiger partial charge is 0.381 e. The standard InChI is InChI=1S/C31H48O3/c1-22(2)12-9-13-23(3)14-10-15-24(4)16-11-17-25(5)20-21-28-29(32)26-18-7-8-19-27(26)30(33)31(28,6)34/h7-8,18-20,22-24,28,34H,9-17,21H2,1-6H3/b25-20+/t23-,24-,28?,31?/m1/s1. The Hall–Kier alpha value is -1.74. The Morgan fingerprint density at radius 3 is 2.03 bits per heavy atom. The normalized spacial score (nSPS) is 22.7. The van der Waals surface area contributed by atoms with Gasteiger partial charge in [0.05, 0.1) is 5.92 Å².